The van der Waals surface area contributed by atoms with Crippen LogP contribution in [-0.4, -0.2) is 21.4 Å². The number of carbonyl (C=O) groups is 2. The van der Waals surface area contributed by atoms with Crippen molar-refractivity contribution in [1.29, 1.82) is 0 Å². The molecule has 0 amide bonds. The van der Waals surface area contributed by atoms with Crippen molar-refractivity contribution in [1.82, 2.24) is 4.57 Å². The number of carboxylic acid groups (broad SMARTS) is 1. The molecule has 1 aromatic heterocycles. The highest BCUT2D eigenvalue weighted by atomic mass is 16.4. The second-order valence-corrected chi connectivity index (χ2v) is 7.50. The lowest BCUT2D eigenvalue weighted by molar-refractivity contribution is -0.137. The molecule has 0 unspecified atom stereocenters. The van der Waals surface area contributed by atoms with Crippen LogP contribution < -0.4 is 5.32 Å². The Morgan fingerprint density at radius 1 is 0.903 bits per heavy atom. The summed E-state index contributed by atoms with van der Waals surface area (Å²) in [5.74, 6) is -0.857. The number of rotatable bonds is 9. The maximum atomic E-state index is 13.3. The van der Waals surface area contributed by atoms with Crippen molar-refractivity contribution >= 4 is 28.3 Å². The van der Waals surface area contributed by atoms with Gasteiger partial charge in [0.1, 0.15) is 0 Å². The number of benzene rings is 3. The van der Waals surface area contributed by atoms with E-state index in [0.29, 0.717) is 30.6 Å². The number of carbonyl (C=O) groups excluding carboxylic acids is 1. The molecule has 4 rings (SSSR count). The Labute approximate surface area is 181 Å². The first-order chi connectivity index (χ1) is 15.1. The minimum atomic E-state index is -0.812. The standard InChI is InChI=1S/C26H24N2O3/c29-25(30)14-7-15-28-18-23(22-12-4-5-13-24(22)28)26(31)20-10-6-11-21(16-20)27-17-19-8-2-1-3-9-19/h1-6,8-13,16,18,27H,7,14-15,17H2,(H,29,30). The van der Waals surface area contributed by atoms with Crippen LogP contribution in [0.1, 0.15) is 34.3 Å². The van der Waals surface area contributed by atoms with Crippen molar-refractivity contribution in [2.75, 3.05) is 5.32 Å². The Morgan fingerprint density at radius 3 is 2.48 bits per heavy atom. The number of hydrogen-bond acceptors (Lipinski definition) is 3. The number of aryl methyl sites for hydroxylation is 1. The molecule has 0 saturated heterocycles. The number of nitrogens with one attached hydrogen (secondary N) is 1. The second-order valence-electron chi connectivity index (χ2n) is 7.50. The number of ketones is 1. The van der Waals surface area contributed by atoms with Crippen LogP contribution in [0.3, 0.4) is 0 Å². The van der Waals surface area contributed by atoms with Crippen LogP contribution in [0.15, 0.2) is 85.1 Å². The van der Waals surface area contributed by atoms with Gasteiger partial charge in [0, 0.05) is 53.4 Å². The molecule has 0 aliphatic heterocycles. The van der Waals surface area contributed by atoms with Crippen molar-refractivity contribution in [3.8, 4) is 0 Å². The lowest BCUT2D eigenvalue weighted by atomic mass is 10.0. The van der Waals surface area contributed by atoms with E-state index in [4.69, 9.17) is 5.11 Å². The minimum Gasteiger partial charge on any atom is -0.481 e. The summed E-state index contributed by atoms with van der Waals surface area (Å²) >= 11 is 0. The molecule has 5 heteroatoms. The zero-order chi connectivity index (χ0) is 21.6. The molecule has 0 aliphatic rings. The third kappa shape index (κ3) is 4.83. The molecular formula is C26H24N2O3. The van der Waals surface area contributed by atoms with Crippen LogP contribution >= 0.6 is 0 Å². The van der Waals surface area contributed by atoms with Gasteiger partial charge < -0.3 is 15.0 Å². The molecule has 5 nitrogen and oxygen atoms in total. The van der Waals surface area contributed by atoms with Gasteiger partial charge in [0.25, 0.3) is 0 Å². The van der Waals surface area contributed by atoms with Gasteiger partial charge in [-0.2, -0.15) is 0 Å². The van der Waals surface area contributed by atoms with Crippen molar-refractivity contribution in [3.63, 3.8) is 0 Å². The van der Waals surface area contributed by atoms with E-state index in [9.17, 15) is 9.59 Å². The lowest BCUT2D eigenvalue weighted by Crippen LogP contribution is -2.04. The quantitative estimate of drug-likeness (QED) is 0.364. The van der Waals surface area contributed by atoms with Gasteiger partial charge in [-0.25, -0.2) is 0 Å². The first-order valence-corrected chi connectivity index (χ1v) is 10.3. The average molecular weight is 412 g/mol. The van der Waals surface area contributed by atoms with Gasteiger partial charge in [-0.1, -0.05) is 60.7 Å². The third-order valence-corrected chi connectivity index (χ3v) is 5.29. The lowest BCUT2D eigenvalue weighted by Gasteiger charge is -2.08. The average Bonchev–Trinajstić information content (AvgIpc) is 3.16. The SMILES string of the molecule is O=C(O)CCCn1cc(C(=O)c2cccc(NCc3ccccc3)c2)c2ccccc21. The maximum Gasteiger partial charge on any atom is 0.303 e. The Kier molecular flexibility index (Phi) is 6.13. The van der Waals surface area contributed by atoms with Crippen LogP contribution in [0, 0.1) is 0 Å². The Balaban J connectivity index is 1.57. The van der Waals surface area contributed by atoms with Crippen LogP contribution in [0.25, 0.3) is 10.9 Å². The minimum absolute atomic E-state index is 0.0449. The molecule has 0 bridgehead atoms. The molecule has 0 fully saturated rings. The first-order valence-electron chi connectivity index (χ1n) is 10.3. The maximum absolute atomic E-state index is 13.3. The van der Waals surface area contributed by atoms with Crippen LogP contribution in [-0.2, 0) is 17.9 Å². The van der Waals surface area contributed by atoms with E-state index in [1.165, 1.54) is 5.56 Å². The van der Waals surface area contributed by atoms with Crippen LogP contribution in [0.2, 0.25) is 0 Å². The highest BCUT2D eigenvalue weighted by molar-refractivity contribution is 6.16. The number of fused-ring (bicyclic) bond motifs is 1. The summed E-state index contributed by atoms with van der Waals surface area (Å²) in [6.07, 6.45) is 2.46. The highest BCUT2D eigenvalue weighted by Gasteiger charge is 2.17. The second kappa shape index (κ2) is 9.30. The van der Waals surface area contributed by atoms with E-state index in [-0.39, 0.29) is 12.2 Å². The van der Waals surface area contributed by atoms with Gasteiger partial charge in [-0.05, 0) is 30.2 Å². The van der Waals surface area contributed by atoms with Gasteiger partial charge in [-0.15, -0.1) is 0 Å². The fraction of sp³-hybridized carbons (Fsp3) is 0.154. The zero-order valence-electron chi connectivity index (χ0n) is 17.1. The number of aromatic nitrogens is 1. The summed E-state index contributed by atoms with van der Waals surface area (Å²) < 4.78 is 1.98. The molecule has 0 saturated carbocycles. The van der Waals surface area contributed by atoms with Crippen molar-refractivity contribution in [2.45, 2.75) is 25.9 Å². The molecule has 4 aromatic rings. The molecule has 0 aliphatic carbocycles. The smallest absolute Gasteiger partial charge is 0.303 e. The number of para-hydroxylation sites is 1. The van der Waals surface area contributed by atoms with E-state index in [2.05, 4.69) is 17.4 Å². The van der Waals surface area contributed by atoms with Gasteiger partial charge >= 0.3 is 5.97 Å². The molecule has 31 heavy (non-hydrogen) atoms. The van der Waals surface area contributed by atoms with Crippen LogP contribution in [0.4, 0.5) is 5.69 Å². The Hall–Kier alpha value is -3.86. The monoisotopic (exact) mass is 412 g/mol. The summed E-state index contributed by atoms with van der Waals surface area (Å²) in [6, 6.07) is 25.4. The number of hydrogen-bond donors (Lipinski definition) is 2. The fourth-order valence-electron chi connectivity index (χ4n) is 3.74. The van der Waals surface area contributed by atoms with E-state index in [0.717, 1.165) is 16.6 Å². The van der Waals surface area contributed by atoms with Gasteiger partial charge in [-0.3, -0.25) is 9.59 Å². The van der Waals surface area contributed by atoms with Crippen molar-refractivity contribution in [3.05, 3.63) is 102 Å². The molecule has 3 aromatic carbocycles. The highest BCUT2D eigenvalue weighted by Crippen LogP contribution is 2.25. The predicted molar refractivity (Wildman–Crippen MR) is 122 cm³/mol. The Morgan fingerprint density at radius 2 is 1.68 bits per heavy atom. The number of anilines is 1. The zero-order valence-corrected chi connectivity index (χ0v) is 17.1. The van der Waals surface area contributed by atoms with E-state index in [1.54, 1.807) is 0 Å². The predicted octanol–water partition coefficient (Wildman–Crippen LogP) is 5.35. The largest absolute Gasteiger partial charge is 0.481 e. The molecular weight excluding hydrogens is 388 g/mol. The van der Waals surface area contributed by atoms with Crippen molar-refractivity contribution in [2.24, 2.45) is 0 Å². The van der Waals surface area contributed by atoms with Gasteiger partial charge in [0.2, 0.25) is 0 Å². The molecule has 2 N–H and O–H groups in total. The summed E-state index contributed by atoms with van der Waals surface area (Å²) in [7, 11) is 0. The summed E-state index contributed by atoms with van der Waals surface area (Å²) in [5.41, 5.74) is 4.25. The normalized spacial score (nSPS) is 10.8. The van der Waals surface area contributed by atoms with E-state index < -0.39 is 5.97 Å². The number of carboxylic acids is 1. The number of aliphatic carboxylic acids is 1. The molecule has 156 valence electrons. The van der Waals surface area contributed by atoms with Gasteiger partial charge in [0.15, 0.2) is 5.78 Å². The van der Waals surface area contributed by atoms with Gasteiger partial charge in [0.05, 0.1) is 0 Å². The summed E-state index contributed by atoms with van der Waals surface area (Å²) in [6.45, 7) is 1.24. The van der Waals surface area contributed by atoms with Crippen molar-refractivity contribution < 1.29 is 14.7 Å². The molecule has 0 radical (unpaired) electrons. The third-order valence-electron chi connectivity index (χ3n) is 5.29. The molecule has 0 atom stereocenters. The summed E-state index contributed by atoms with van der Waals surface area (Å²) in [5, 5.41) is 13.2. The summed E-state index contributed by atoms with van der Waals surface area (Å²) in [4.78, 5) is 24.2. The fourth-order valence-corrected chi connectivity index (χ4v) is 3.74. The Bertz CT molecular complexity index is 1210. The van der Waals surface area contributed by atoms with E-state index in [1.807, 2.05) is 77.5 Å². The molecule has 0 spiro atoms. The molecule has 1 heterocycles. The van der Waals surface area contributed by atoms with Crippen LogP contribution in [0.5, 0.6) is 0 Å². The number of nitrogens with zero attached hydrogens (tertiary/aromatic N) is 1. The topological polar surface area (TPSA) is 71.3 Å². The first kappa shape index (κ1) is 20.4. The van der Waals surface area contributed by atoms with E-state index >= 15 is 0 Å².